The first-order chi connectivity index (χ1) is 19.7. The molecule has 2 aliphatic heterocycles. The second kappa shape index (κ2) is 13.6. The molecule has 11 nitrogen and oxygen atoms in total. The van der Waals surface area contributed by atoms with Gasteiger partial charge in [0, 0.05) is 19.6 Å². The lowest BCUT2D eigenvalue weighted by Gasteiger charge is -2.24. The summed E-state index contributed by atoms with van der Waals surface area (Å²) in [4.78, 5) is 43.2. The monoisotopic (exact) mass is 582 g/mol. The molecule has 41 heavy (non-hydrogen) atoms. The molecule has 0 saturated carbocycles. The first kappa shape index (κ1) is 29.9. The zero-order valence-electron chi connectivity index (χ0n) is 22.9. The van der Waals surface area contributed by atoms with Crippen molar-refractivity contribution in [1.29, 1.82) is 0 Å². The molecule has 5 rings (SSSR count). The molecule has 1 amide bonds. The number of hydrogen-bond donors (Lipinski definition) is 1. The summed E-state index contributed by atoms with van der Waals surface area (Å²) in [5, 5.41) is 10.4. The summed E-state index contributed by atoms with van der Waals surface area (Å²) in [6.07, 6.45) is 2.35. The van der Waals surface area contributed by atoms with E-state index in [2.05, 4.69) is 14.6 Å². The third-order valence-corrected chi connectivity index (χ3v) is 8.91. The van der Waals surface area contributed by atoms with Crippen LogP contribution in [0.3, 0.4) is 0 Å². The molecule has 0 bridgehead atoms. The molecule has 1 N–H and O–H groups in total. The second-order valence-corrected chi connectivity index (χ2v) is 12.0. The van der Waals surface area contributed by atoms with Gasteiger partial charge in [0.15, 0.2) is 15.5 Å². The summed E-state index contributed by atoms with van der Waals surface area (Å²) in [6, 6.07) is 17.5. The van der Waals surface area contributed by atoms with Crippen molar-refractivity contribution in [1.82, 2.24) is 19.4 Å². The summed E-state index contributed by atoms with van der Waals surface area (Å²) in [6.45, 7) is 2.41. The fourth-order valence-corrected chi connectivity index (χ4v) is 6.33. The zero-order chi connectivity index (χ0) is 29.4. The van der Waals surface area contributed by atoms with Crippen LogP contribution in [0.1, 0.15) is 47.2 Å². The number of rotatable bonds is 8. The van der Waals surface area contributed by atoms with Crippen LogP contribution in [0.5, 0.6) is 5.75 Å². The first-order valence-electron chi connectivity index (χ1n) is 13.4. The zero-order valence-corrected chi connectivity index (χ0v) is 23.7. The van der Waals surface area contributed by atoms with Crippen LogP contribution in [0.15, 0.2) is 70.4 Å². The number of nitrogens with zero attached hydrogens (tertiary/aromatic N) is 4. The summed E-state index contributed by atoms with van der Waals surface area (Å²) >= 11 is 0. The minimum atomic E-state index is -3.56. The van der Waals surface area contributed by atoms with Crippen molar-refractivity contribution in [3.05, 3.63) is 88.1 Å². The number of carbonyl (C=O) groups is 2. The van der Waals surface area contributed by atoms with E-state index in [4.69, 9.17) is 0 Å². The summed E-state index contributed by atoms with van der Waals surface area (Å²) in [5.41, 5.74) is 0.0909. The molecular formula is C29H34N4O7S. The third-order valence-electron chi connectivity index (χ3n) is 7.20. The topological polar surface area (TPSA) is 139 Å². The van der Waals surface area contributed by atoms with Crippen LogP contribution in [0.2, 0.25) is 0 Å². The smallest absolute Gasteiger partial charge is 0.315 e. The number of likely N-dealkylation sites (tertiary alicyclic amines) is 1. The summed E-state index contributed by atoms with van der Waals surface area (Å²) in [7, 11) is -1.62. The number of fused-ring (bicyclic) bond motifs is 1. The van der Waals surface area contributed by atoms with Crippen molar-refractivity contribution >= 4 is 22.2 Å². The highest BCUT2D eigenvalue weighted by Gasteiger charge is 2.34. The van der Waals surface area contributed by atoms with E-state index < -0.39 is 27.1 Å². The molecule has 0 aliphatic carbocycles. The predicted molar refractivity (Wildman–Crippen MR) is 151 cm³/mol. The van der Waals surface area contributed by atoms with Crippen LogP contribution in [-0.4, -0.2) is 77.7 Å². The van der Waals surface area contributed by atoms with E-state index in [-0.39, 0.29) is 28.9 Å². The quantitative estimate of drug-likeness (QED) is 0.397. The van der Waals surface area contributed by atoms with Gasteiger partial charge in [0.25, 0.3) is 12.4 Å². The number of aromatic hydroxyl groups is 1. The molecule has 3 heterocycles. The SMILES string of the molecule is CN1CCCC1c1nc(=O)c(O)c2n1CCCN(CCS(=O)(=O)c1ccccc1)C2=O.O=COCc1ccccc1. The third kappa shape index (κ3) is 7.19. The van der Waals surface area contributed by atoms with E-state index >= 15 is 0 Å². The molecule has 1 unspecified atom stereocenters. The van der Waals surface area contributed by atoms with Crippen molar-refractivity contribution in [3.63, 3.8) is 0 Å². The van der Waals surface area contributed by atoms with Gasteiger partial charge in [-0.25, -0.2) is 8.42 Å². The lowest BCUT2D eigenvalue weighted by Crippen LogP contribution is -2.37. The van der Waals surface area contributed by atoms with Gasteiger partial charge in [0.2, 0.25) is 5.75 Å². The number of amides is 1. The lowest BCUT2D eigenvalue weighted by atomic mass is 10.2. The van der Waals surface area contributed by atoms with Crippen LogP contribution >= 0.6 is 0 Å². The number of ether oxygens (including phenoxy) is 1. The maximum absolute atomic E-state index is 13.3. The maximum atomic E-state index is 13.3. The van der Waals surface area contributed by atoms with E-state index in [1.165, 1.54) is 17.0 Å². The molecule has 2 aromatic carbocycles. The van der Waals surface area contributed by atoms with E-state index in [0.717, 1.165) is 24.9 Å². The van der Waals surface area contributed by atoms with Gasteiger partial charge in [-0.05, 0) is 50.6 Å². The fourth-order valence-electron chi connectivity index (χ4n) is 5.06. The molecular weight excluding hydrogens is 548 g/mol. The first-order valence-corrected chi connectivity index (χ1v) is 15.1. The Bertz CT molecular complexity index is 1510. The molecule has 0 radical (unpaired) electrons. The molecule has 218 valence electrons. The standard InChI is InChI=1S/C21H26N4O5S.C8H8O2/c1-23-10-5-9-16(23)19-22-20(27)18(26)17-21(28)24(11-6-12-25(17)19)13-14-31(29,30)15-7-3-2-4-8-15;9-7-10-6-8-4-2-1-3-5-8/h2-4,7-8,16,26H,5-6,9-14H2,1H3;1-5,7H,6H2. The van der Waals surface area contributed by atoms with Crippen LogP contribution in [-0.2, 0) is 32.5 Å². The molecule has 12 heteroatoms. The highest BCUT2D eigenvalue weighted by Crippen LogP contribution is 2.31. The Kier molecular flexibility index (Phi) is 9.90. The Morgan fingerprint density at radius 2 is 1.68 bits per heavy atom. The average Bonchev–Trinajstić information content (AvgIpc) is 3.34. The normalized spacial score (nSPS) is 17.2. The van der Waals surface area contributed by atoms with Crippen molar-refractivity contribution in [2.24, 2.45) is 0 Å². The highest BCUT2D eigenvalue weighted by atomic mass is 32.2. The summed E-state index contributed by atoms with van der Waals surface area (Å²) in [5.74, 6) is -0.964. The van der Waals surface area contributed by atoms with E-state index in [1.54, 1.807) is 22.8 Å². The van der Waals surface area contributed by atoms with Crippen LogP contribution in [0.25, 0.3) is 0 Å². The Balaban J connectivity index is 0.000000328. The maximum Gasteiger partial charge on any atom is 0.315 e. The van der Waals surface area contributed by atoms with Crippen molar-refractivity contribution in [2.45, 2.75) is 43.4 Å². The van der Waals surface area contributed by atoms with Crippen molar-refractivity contribution in [3.8, 4) is 5.75 Å². The van der Waals surface area contributed by atoms with E-state index in [0.29, 0.717) is 38.4 Å². The molecule has 3 aromatic rings. The number of benzene rings is 2. The molecule has 2 aliphatic rings. The molecule has 1 fully saturated rings. The number of carbonyl (C=O) groups excluding carboxylic acids is 2. The fraction of sp³-hybridized carbons (Fsp3) is 0.379. The second-order valence-electron chi connectivity index (χ2n) is 9.93. The van der Waals surface area contributed by atoms with Gasteiger partial charge in [0.1, 0.15) is 12.4 Å². The number of aromatic nitrogens is 2. The lowest BCUT2D eigenvalue weighted by molar-refractivity contribution is -0.129. The molecule has 0 spiro atoms. The molecule has 1 atom stereocenters. The van der Waals surface area contributed by atoms with Crippen LogP contribution in [0.4, 0.5) is 0 Å². The van der Waals surface area contributed by atoms with Gasteiger partial charge in [-0.2, -0.15) is 4.98 Å². The molecule has 1 saturated heterocycles. The minimum absolute atomic E-state index is 0.0231. The van der Waals surface area contributed by atoms with Crippen molar-refractivity contribution < 1.29 is 27.9 Å². The average molecular weight is 583 g/mol. The summed E-state index contributed by atoms with van der Waals surface area (Å²) < 4.78 is 31.5. The number of sulfone groups is 1. The Labute approximate surface area is 238 Å². The van der Waals surface area contributed by atoms with E-state index in [1.807, 2.05) is 37.4 Å². The number of hydrogen-bond acceptors (Lipinski definition) is 9. The molecule has 1 aromatic heterocycles. The van der Waals surface area contributed by atoms with Gasteiger partial charge in [-0.1, -0.05) is 48.5 Å². The Morgan fingerprint density at radius 1 is 1.00 bits per heavy atom. The highest BCUT2D eigenvalue weighted by molar-refractivity contribution is 7.91. The van der Waals surface area contributed by atoms with E-state index in [9.17, 15) is 27.9 Å². The van der Waals surface area contributed by atoms with Gasteiger partial charge in [-0.15, -0.1) is 0 Å². The van der Waals surface area contributed by atoms with Gasteiger partial charge < -0.3 is 19.3 Å². The Hall–Kier alpha value is -4.03. The predicted octanol–water partition coefficient (Wildman–Crippen LogP) is 2.40. The largest absolute Gasteiger partial charge is 0.501 e. The van der Waals surface area contributed by atoms with Gasteiger partial charge in [0.05, 0.1) is 16.7 Å². The van der Waals surface area contributed by atoms with Crippen LogP contribution in [0, 0.1) is 0 Å². The van der Waals surface area contributed by atoms with Gasteiger partial charge in [-0.3, -0.25) is 19.3 Å². The van der Waals surface area contributed by atoms with Crippen LogP contribution < -0.4 is 5.56 Å². The van der Waals surface area contributed by atoms with Gasteiger partial charge >= 0.3 is 5.56 Å². The Morgan fingerprint density at radius 3 is 2.32 bits per heavy atom. The van der Waals surface area contributed by atoms with Crippen molar-refractivity contribution in [2.75, 3.05) is 32.4 Å². The minimum Gasteiger partial charge on any atom is -0.501 e.